The van der Waals surface area contributed by atoms with Gasteiger partial charge in [0.15, 0.2) is 0 Å². The minimum atomic E-state index is -1.09. The average molecular weight is 218 g/mol. The van der Waals surface area contributed by atoms with Crippen LogP contribution in [0.15, 0.2) is 24.4 Å². The van der Waals surface area contributed by atoms with Crippen LogP contribution in [0.1, 0.15) is 10.4 Å². The zero-order chi connectivity index (χ0) is 11.7. The number of carbonyl (C=O) groups is 1. The van der Waals surface area contributed by atoms with E-state index in [9.17, 15) is 4.79 Å². The molecule has 0 fully saturated rings. The van der Waals surface area contributed by atoms with Crippen molar-refractivity contribution in [3.8, 4) is 5.75 Å². The Kier molecular flexibility index (Phi) is 2.36. The van der Waals surface area contributed by atoms with Crippen molar-refractivity contribution >= 4 is 22.6 Å². The summed E-state index contributed by atoms with van der Waals surface area (Å²) in [5.74, 6) is -0.641. The van der Waals surface area contributed by atoms with Crippen molar-refractivity contribution in [1.82, 2.24) is 4.98 Å². The van der Waals surface area contributed by atoms with E-state index in [2.05, 4.69) is 4.98 Å². The maximum Gasteiger partial charge on any atom is 0.338 e. The van der Waals surface area contributed by atoms with Crippen molar-refractivity contribution in [3.63, 3.8) is 0 Å². The lowest BCUT2D eigenvalue weighted by molar-refractivity contribution is 0.0698. The number of methoxy groups -OCH3 is 1. The lowest BCUT2D eigenvalue weighted by atomic mass is 10.1. The number of hydrogen-bond acceptors (Lipinski definition) is 4. The molecule has 82 valence electrons. The first kappa shape index (κ1) is 10.2. The number of benzene rings is 1. The standard InChI is InChI=1S/C11H10N2O3/c1-16-8-5-7(11(14)15)9(12)10-6(8)3-2-4-13-10/h2-5H,12H2,1H3,(H,14,15). The number of ether oxygens (including phenoxy) is 1. The molecule has 0 atom stereocenters. The normalized spacial score (nSPS) is 10.3. The number of pyridine rings is 1. The molecule has 0 aliphatic carbocycles. The Morgan fingerprint density at radius 3 is 2.94 bits per heavy atom. The van der Waals surface area contributed by atoms with Gasteiger partial charge in [0.2, 0.25) is 0 Å². The van der Waals surface area contributed by atoms with Gasteiger partial charge >= 0.3 is 5.97 Å². The van der Waals surface area contributed by atoms with E-state index in [1.54, 1.807) is 18.3 Å². The van der Waals surface area contributed by atoms with E-state index in [1.807, 2.05) is 0 Å². The quantitative estimate of drug-likeness (QED) is 0.746. The van der Waals surface area contributed by atoms with Crippen molar-refractivity contribution < 1.29 is 14.6 Å². The Balaban J connectivity index is 2.88. The zero-order valence-corrected chi connectivity index (χ0v) is 8.60. The summed E-state index contributed by atoms with van der Waals surface area (Å²) in [6.07, 6.45) is 1.56. The van der Waals surface area contributed by atoms with Crippen LogP contribution < -0.4 is 10.5 Å². The van der Waals surface area contributed by atoms with E-state index in [4.69, 9.17) is 15.6 Å². The minimum absolute atomic E-state index is 0.00282. The smallest absolute Gasteiger partial charge is 0.338 e. The molecular formula is C11H10N2O3. The van der Waals surface area contributed by atoms with Gasteiger partial charge in [0.1, 0.15) is 5.75 Å². The van der Waals surface area contributed by atoms with Gasteiger partial charge in [-0.3, -0.25) is 4.98 Å². The highest BCUT2D eigenvalue weighted by atomic mass is 16.5. The lowest BCUT2D eigenvalue weighted by Crippen LogP contribution is -2.04. The molecule has 3 N–H and O–H groups in total. The molecule has 0 spiro atoms. The fraction of sp³-hybridized carbons (Fsp3) is 0.0909. The van der Waals surface area contributed by atoms with E-state index in [-0.39, 0.29) is 11.3 Å². The number of nitrogens with two attached hydrogens (primary N) is 1. The van der Waals surface area contributed by atoms with Gasteiger partial charge in [0.05, 0.1) is 23.9 Å². The van der Waals surface area contributed by atoms with Crippen LogP contribution in [0.3, 0.4) is 0 Å². The Hall–Kier alpha value is -2.30. The predicted molar refractivity (Wildman–Crippen MR) is 59.7 cm³/mol. The van der Waals surface area contributed by atoms with Crippen LogP contribution in [-0.2, 0) is 0 Å². The number of hydrogen-bond donors (Lipinski definition) is 2. The fourth-order valence-corrected chi connectivity index (χ4v) is 1.58. The first-order valence-corrected chi connectivity index (χ1v) is 4.59. The maximum atomic E-state index is 11.0. The number of nitrogens with zero attached hydrogens (tertiary/aromatic N) is 1. The number of aromatic nitrogens is 1. The van der Waals surface area contributed by atoms with E-state index in [0.717, 1.165) is 0 Å². The van der Waals surface area contributed by atoms with E-state index in [0.29, 0.717) is 16.7 Å². The van der Waals surface area contributed by atoms with Crippen LogP contribution in [0.5, 0.6) is 5.75 Å². The summed E-state index contributed by atoms with van der Waals surface area (Å²) in [5.41, 5.74) is 6.35. The van der Waals surface area contributed by atoms with E-state index >= 15 is 0 Å². The predicted octanol–water partition coefficient (Wildman–Crippen LogP) is 1.52. The molecule has 0 bridgehead atoms. The highest BCUT2D eigenvalue weighted by Crippen LogP contribution is 2.31. The molecule has 0 aliphatic heterocycles. The monoisotopic (exact) mass is 218 g/mol. The summed E-state index contributed by atoms with van der Waals surface area (Å²) >= 11 is 0. The van der Waals surface area contributed by atoms with Gasteiger partial charge in [-0.1, -0.05) is 0 Å². The van der Waals surface area contributed by atoms with Gasteiger partial charge in [-0.15, -0.1) is 0 Å². The van der Waals surface area contributed by atoms with Crippen LogP contribution in [-0.4, -0.2) is 23.2 Å². The SMILES string of the molecule is COc1cc(C(=O)O)c(N)c2ncccc12. The summed E-state index contributed by atoms with van der Waals surface area (Å²) in [7, 11) is 1.48. The van der Waals surface area contributed by atoms with Crippen LogP contribution >= 0.6 is 0 Å². The molecule has 2 rings (SSSR count). The topological polar surface area (TPSA) is 85.4 Å². The molecule has 0 radical (unpaired) electrons. The van der Waals surface area contributed by atoms with Gasteiger partial charge in [0, 0.05) is 11.6 Å². The van der Waals surface area contributed by atoms with Crippen LogP contribution in [0.2, 0.25) is 0 Å². The van der Waals surface area contributed by atoms with E-state index in [1.165, 1.54) is 13.2 Å². The van der Waals surface area contributed by atoms with E-state index < -0.39 is 5.97 Å². The third-order valence-electron chi connectivity index (χ3n) is 2.34. The molecule has 0 unspecified atom stereocenters. The number of carboxylic acid groups (broad SMARTS) is 1. The summed E-state index contributed by atoms with van der Waals surface area (Å²) in [5, 5.41) is 9.68. The highest BCUT2D eigenvalue weighted by Gasteiger charge is 2.15. The first-order valence-electron chi connectivity index (χ1n) is 4.59. The second-order valence-electron chi connectivity index (χ2n) is 3.24. The number of anilines is 1. The van der Waals surface area contributed by atoms with Gasteiger partial charge in [0.25, 0.3) is 0 Å². The molecule has 1 heterocycles. The second-order valence-corrected chi connectivity index (χ2v) is 3.24. The Labute approximate surface area is 91.5 Å². The first-order chi connectivity index (χ1) is 7.65. The molecule has 0 amide bonds. The molecule has 1 aromatic heterocycles. The van der Waals surface area contributed by atoms with Gasteiger partial charge in [-0.05, 0) is 18.2 Å². The largest absolute Gasteiger partial charge is 0.496 e. The molecule has 5 nitrogen and oxygen atoms in total. The van der Waals surface area contributed by atoms with Crippen LogP contribution in [0, 0.1) is 0 Å². The van der Waals surface area contributed by atoms with Crippen molar-refractivity contribution in [2.45, 2.75) is 0 Å². The molecule has 0 saturated carbocycles. The summed E-state index contributed by atoms with van der Waals surface area (Å²) in [6, 6.07) is 4.93. The Morgan fingerprint density at radius 2 is 2.31 bits per heavy atom. The molecule has 5 heteroatoms. The third-order valence-corrected chi connectivity index (χ3v) is 2.34. The van der Waals surface area contributed by atoms with Crippen molar-refractivity contribution in [3.05, 3.63) is 30.0 Å². The fourth-order valence-electron chi connectivity index (χ4n) is 1.58. The molecule has 16 heavy (non-hydrogen) atoms. The lowest BCUT2D eigenvalue weighted by Gasteiger charge is -2.09. The number of aromatic carboxylic acids is 1. The van der Waals surface area contributed by atoms with Crippen LogP contribution in [0.4, 0.5) is 5.69 Å². The summed E-state index contributed by atoms with van der Waals surface area (Å²) in [6.45, 7) is 0. The third kappa shape index (κ3) is 1.42. The molecule has 0 aliphatic rings. The molecular weight excluding hydrogens is 208 g/mol. The summed E-state index contributed by atoms with van der Waals surface area (Å²) < 4.78 is 5.11. The number of carboxylic acids is 1. The average Bonchev–Trinajstić information content (AvgIpc) is 2.29. The van der Waals surface area contributed by atoms with Crippen molar-refractivity contribution in [2.24, 2.45) is 0 Å². The van der Waals surface area contributed by atoms with Crippen molar-refractivity contribution in [1.29, 1.82) is 0 Å². The Bertz CT molecular complexity index is 566. The maximum absolute atomic E-state index is 11.0. The number of fused-ring (bicyclic) bond motifs is 1. The Morgan fingerprint density at radius 1 is 1.56 bits per heavy atom. The molecule has 0 saturated heterocycles. The van der Waals surface area contributed by atoms with Gasteiger partial charge in [-0.25, -0.2) is 4.79 Å². The highest BCUT2D eigenvalue weighted by molar-refractivity contribution is 6.05. The van der Waals surface area contributed by atoms with Crippen molar-refractivity contribution in [2.75, 3.05) is 12.8 Å². The minimum Gasteiger partial charge on any atom is -0.496 e. The number of nitrogen functional groups attached to an aromatic ring is 1. The summed E-state index contributed by atoms with van der Waals surface area (Å²) in [4.78, 5) is 15.0. The van der Waals surface area contributed by atoms with Gasteiger partial charge < -0.3 is 15.6 Å². The molecule has 1 aromatic carbocycles. The zero-order valence-electron chi connectivity index (χ0n) is 8.60. The van der Waals surface area contributed by atoms with Gasteiger partial charge in [-0.2, -0.15) is 0 Å². The number of rotatable bonds is 2. The van der Waals surface area contributed by atoms with Crippen LogP contribution in [0.25, 0.3) is 10.9 Å². The molecule has 2 aromatic rings. The second kappa shape index (κ2) is 3.69.